The molecule has 1 aromatic rings. The van der Waals surface area contributed by atoms with Gasteiger partial charge in [-0.25, -0.2) is 0 Å². The number of ether oxygens (including phenoxy) is 2. The molecule has 0 saturated heterocycles. The first kappa shape index (κ1) is 14.3. The van der Waals surface area contributed by atoms with Crippen molar-refractivity contribution in [1.29, 1.82) is 0 Å². The topological polar surface area (TPSA) is 83.2 Å². The van der Waals surface area contributed by atoms with E-state index in [0.29, 0.717) is 6.61 Å². The second-order valence-electron chi connectivity index (χ2n) is 3.32. The third-order valence-corrected chi connectivity index (χ3v) is 1.66. The van der Waals surface area contributed by atoms with Crippen LogP contribution in [0, 0.1) is 0 Å². The van der Waals surface area contributed by atoms with Crippen molar-refractivity contribution in [2.45, 2.75) is 25.9 Å². The van der Waals surface area contributed by atoms with Crippen LogP contribution in [-0.4, -0.2) is 34.3 Å². The van der Waals surface area contributed by atoms with Crippen molar-refractivity contribution in [1.82, 2.24) is 15.0 Å². The summed E-state index contributed by atoms with van der Waals surface area (Å²) in [5, 5.41) is 0. The van der Waals surface area contributed by atoms with Crippen molar-refractivity contribution in [2.75, 3.05) is 18.9 Å². The Morgan fingerprint density at radius 1 is 1.06 bits per heavy atom. The van der Waals surface area contributed by atoms with Crippen LogP contribution in [0.4, 0.5) is 19.1 Å². The zero-order valence-corrected chi connectivity index (χ0v) is 9.70. The quantitative estimate of drug-likeness (QED) is 0.841. The summed E-state index contributed by atoms with van der Waals surface area (Å²) in [6.07, 6.45) is -4.65. The van der Waals surface area contributed by atoms with E-state index in [4.69, 9.17) is 15.2 Å². The molecular weight excluding hydrogens is 253 g/mol. The Hall–Kier alpha value is -1.80. The van der Waals surface area contributed by atoms with E-state index in [2.05, 4.69) is 15.0 Å². The number of hydrogen-bond acceptors (Lipinski definition) is 6. The van der Waals surface area contributed by atoms with Crippen molar-refractivity contribution in [3.05, 3.63) is 0 Å². The van der Waals surface area contributed by atoms with Crippen LogP contribution in [0.3, 0.4) is 0 Å². The Labute approximate surface area is 101 Å². The lowest BCUT2D eigenvalue weighted by Gasteiger charge is -2.08. The van der Waals surface area contributed by atoms with Gasteiger partial charge in [0.15, 0.2) is 0 Å². The Balaban J connectivity index is 2.57. The maximum Gasteiger partial charge on any atom is 0.392 e. The van der Waals surface area contributed by atoms with Gasteiger partial charge in [0, 0.05) is 0 Å². The van der Waals surface area contributed by atoms with E-state index in [-0.39, 0.29) is 18.0 Å². The average Bonchev–Trinajstić information content (AvgIpc) is 2.24. The Morgan fingerprint density at radius 2 is 1.61 bits per heavy atom. The highest BCUT2D eigenvalue weighted by Crippen LogP contribution is 2.19. The maximum absolute atomic E-state index is 11.9. The highest BCUT2D eigenvalue weighted by atomic mass is 19.4. The molecule has 0 atom stereocenters. The van der Waals surface area contributed by atoms with Crippen LogP contribution in [0.25, 0.3) is 0 Å². The van der Waals surface area contributed by atoms with Crippen molar-refractivity contribution in [3.8, 4) is 12.0 Å². The van der Waals surface area contributed by atoms with Crippen molar-refractivity contribution in [2.24, 2.45) is 0 Å². The number of aromatic nitrogens is 3. The largest absolute Gasteiger partial charge is 0.463 e. The zero-order valence-electron chi connectivity index (χ0n) is 9.70. The number of hydrogen-bond donors (Lipinski definition) is 1. The molecule has 0 aliphatic rings. The fraction of sp³-hybridized carbons (Fsp3) is 0.667. The van der Waals surface area contributed by atoms with Crippen molar-refractivity contribution >= 4 is 5.95 Å². The number of alkyl halides is 3. The average molecular weight is 266 g/mol. The van der Waals surface area contributed by atoms with Crippen LogP contribution in [0.2, 0.25) is 0 Å². The molecule has 0 spiro atoms. The second kappa shape index (κ2) is 6.22. The Kier molecular flexibility index (Phi) is 4.93. The van der Waals surface area contributed by atoms with Gasteiger partial charge in [-0.2, -0.15) is 23.1 Å². The van der Waals surface area contributed by atoms with E-state index in [1.54, 1.807) is 0 Å². The van der Waals surface area contributed by atoms with Crippen LogP contribution in [-0.2, 0) is 0 Å². The molecule has 102 valence electrons. The van der Waals surface area contributed by atoms with E-state index >= 15 is 0 Å². The predicted molar refractivity (Wildman–Crippen MR) is 56.2 cm³/mol. The summed E-state index contributed by atoms with van der Waals surface area (Å²) >= 11 is 0. The normalized spacial score (nSPS) is 11.3. The van der Waals surface area contributed by atoms with Gasteiger partial charge in [-0.05, 0) is 6.42 Å². The Morgan fingerprint density at radius 3 is 2.11 bits per heavy atom. The molecule has 9 heteroatoms. The number of nitrogens with zero attached hydrogens (tertiary/aromatic N) is 3. The van der Waals surface area contributed by atoms with E-state index in [9.17, 15) is 13.2 Å². The molecule has 0 aliphatic carbocycles. The van der Waals surface area contributed by atoms with Gasteiger partial charge in [0.25, 0.3) is 0 Å². The van der Waals surface area contributed by atoms with Gasteiger partial charge in [0.05, 0.1) is 13.0 Å². The lowest BCUT2D eigenvalue weighted by atomic mass is 10.4. The SMILES string of the molecule is CCCOc1nc(N)nc(OCCC(F)(F)F)n1. The van der Waals surface area contributed by atoms with Gasteiger partial charge in [0.1, 0.15) is 6.61 Å². The first-order chi connectivity index (χ1) is 8.40. The van der Waals surface area contributed by atoms with Gasteiger partial charge < -0.3 is 15.2 Å². The third kappa shape index (κ3) is 5.51. The van der Waals surface area contributed by atoms with Crippen LogP contribution >= 0.6 is 0 Å². The number of nitrogens with two attached hydrogens (primary N) is 1. The van der Waals surface area contributed by atoms with Crippen LogP contribution in [0.1, 0.15) is 19.8 Å². The van der Waals surface area contributed by atoms with E-state index in [1.807, 2.05) is 6.92 Å². The number of halogens is 3. The lowest BCUT2D eigenvalue weighted by molar-refractivity contribution is -0.139. The molecule has 0 amide bonds. The molecule has 0 aliphatic heterocycles. The first-order valence-electron chi connectivity index (χ1n) is 5.24. The van der Waals surface area contributed by atoms with Crippen molar-refractivity contribution in [3.63, 3.8) is 0 Å². The standard InChI is InChI=1S/C9H13F3N4O2/c1-2-4-17-7-14-6(13)15-8(16-7)18-5-3-9(10,11)12/h2-5H2,1H3,(H2,13,14,15,16). The second-order valence-corrected chi connectivity index (χ2v) is 3.32. The lowest BCUT2D eigenvalue weighted by Crippen LogP contribution is -2.14. The highest BCUT2D eigenvalue weighted by molar-refractivity contribution is 5.20. The molecule has 1 heterocycles. The fourth-order valence-corrected chi connectivity index (χ4v) is 0.933. The summed E-state index contributed by atoms with van der Waals surface area (Å²) in [6, 6.07) is -0.343. The smallest absolute Gasteiger partial charge is 0.392 e. The van der Waals surface area contributed by atoms with Gasteiger partial charge in [0.2, 0.25) is 5.95 Å². The molecular formula is C9H13F3N4O2. The highest BCUT2D eigenvalue weighted by Gasteiger charge is 2.27. The summed E-state index contributed by atoms with van der Waals surface area (Å²) in [7, 11) is 0. The van der Waals surface area contributed by atoms with Crippen molar-refractivity contribution < 1.29 is 22.6 Å². The summed E-state index contributed by atoms with van der Waals surface area (Å²) in [5.41, 5.74) is 5.34. The molecule has 0 fully saturated rings. The fourth-order valence-electron chi connectivity index (χ4n) is 0.933. The molecule has 6 nitrogen and oxygen atoms in total. The van der Waals surface area contributed by atoms with E-state index < -0.39 is 19.2 Å². The molecule has 1 rings (SSSR count). The summed E-state index contributed by atoms with van der Waals surface area (Å²) in [6.45, 7) is 1.66. The van der Waals surface area contributed by atoms with E-state index in [0.717, 1.165) is 6.42 Å². The molecule has 18 heavy (non-hydrogen) atoms. The molecule has 0 bridgehead atoms. The van der Waals surface area contributed by atoms with Gasteiger partial charge >= 0.3 is 18.2 Å². The zero-order chi connectivity index (χ0) is 13.6. The van der Waals surface area contributed by atoms with Crippen LogP contribution < -0.4 is 15.2 Å². The Bertz CT molecular complexity index is 387. The monoisotopic (exact) mass is 266 g/mol. The third-order valence-electron chi connectivity index (χ3n) is 1.66. The molecule has 1 aromatic heterocycles. The molecule has 0 unspecified atom stereocenters. The van der Waals surface area contributed by atoms with Crippen LogP contribution in [0.15, 0.2) is 0 Å². The number of nitrogen functional groups attached to an aromatic ring is 1. The van der Waals surface area contributed by atoms with Gasteiger partial charge in [-0.15, -0.1) is 4.98 Å². The molecule has 0 saturated carbocycles. The minimum absolute atomic E-state index is 0.0636. The number of rotatable bonds is 6. The van der Waals surface area contributed by atoms with Crippen LogP contribution in [0.5, 0.6) is 12.0 Å². The minimum Gasteiger partial charge on any atom is -0.463 e. The number of anilines is 1. The van der Waals surface area contributed by atoms with Gasteiger partial charge in [-0.3, -0.25) is 0 Å². The maximum atomic E-state index is 11.9. The first-order valence-corrected chi connectivity index (χ1v) is 5.24. The summed E-state index contributed by atoms with van der Waals surface area (Å²) < 4.78 is 45.5. The summed E-state index contributed by atoms with van der Waals surface area (Å²) in [5.74, 6) is -0.168. The minimum atomic E-state index is -4.29. The van der Waals surface area contributed by atoms with E-state index in [1.165, 1.54) is 0 Å². The predicted octanol–water partition coefficient (Wildman–Crippen LogP) is 1.57. The summed E-state index contributed by atoms with van der Waals surface area (Å²) in [4.78, 5) is 10.9. The molecule has 0 aromatic carbocycles. The molecule has 0 radical (unpaired) electrons. The van der Waals surface area contributed by atoms with Gasteiger partial charge in [-0.1, -0.05) is 6.92 Å². The molecule has 2 N–H and O–H groups in total.